The summed E-state index contributed by atoms with van der Waals surface area (Å²) in [6, 6.07) is 13.0. The molecule has 12 atom stereocenters. The molecule has 0 aliphatic heterocycles. The minimum atomic E-state index is -0.826. The Morgan fingerprint density at radius 3 is 1.39 bits per heavy atom. The van der Waals surface area contributed by atoms with Gasteiger partial charge in [0.1, 0.15) is 0 Å². The molecule has 0 bridgehead atoms. The first-order chi connectivity index (χ1) is 34.4. The standard InChI is InChI=1S/2C14H22.C13H14.C13H10.2C5H10.4CH3.4ClH.2Zr/c2*1-10-8-9-11-4-2-6-13(11)14-7-3-5-12(10)14;2*1-4-10-6-2-8-12(10)13-9-3-7-11(13)5-1;2*1-2-4-5-3-1;;;;;;;;;;/h2*8-14H,2-7H2,1H3;1-2,4-6,8,11,13H,3,7,9H2;1-6,8-9H,7H2;2*1-5H2;4*1H3;4*1H;;/q;;;;;;4*-1;;;;;2*+4/p-4. The molecule has 14 aliphatic rings. The Morgan fingerprint density at radius 2 is 0.865 bits per heavy atom. The normalized spacial score (nSPS) is 31.5. The molecule has 0 saturated heterocycles. The molecule has 0 aromatic heterocycles. The van der Waals surface area contributed by atoms with E-state index in [2.05, 4.69) is 123 Å². The molecule has 0 aromatic carbocycles. The fourth-order valence-electron chi connectivity index (χ4n) is 15.5. The Hall–Kier alpha value is -0.194. The van der Waals surface area contributed by atoms with E-state index in [0.717, 1.165) is 77.4 Å². The first kappa shape index (κ1) is 68.1. The number of hydrogen-bond donors (Lipinski definition) is 0. The van der Waals surface area contributed by atoms with Gasteiger partial charge in [-0.15, -0.1) is 0 Å². The Balaban J connectivity index is 0.000000233. The van der Waals surface area contributed by atoms with Gasteiger partial charge in [-0.05, 0) is 175 Å². The van der Waals surface area contributed by atoms with Gasteiger partial charge in [-0.3, -0.25) is 0 Å². The molecule has 14 rings (SSSR count). The predicted molar refractivity (Wildman–Crippen MR) is 326 cm³/mol. The summed E-state index contributed by atoms with van der Waals surface area (Å²) in [4.78, 5) is 0. The number of rotatable bonds is 0. The maximum atomic E-state index is 4.93. The molecule has 7 fully saturated rings. The van der Waals surface area contributed by atoms with Crippen LogP contribution in [0, 0.1) is 101 Å². The van der Waals surface area contributed by atoms with Crippen molar-refractivity contribution in [3.05, 3.63) is 155 Å². The van der Waals surface area contributed by atoms with Crippen molar-refractivity contribution in [2.24, 2.45) is 71.0 Å². The van der Waals surface area contributed by atoms with Crippen molar-refractivity contribution in [3.63, 3.8) is 0 Å². The van der Waals surface area contributed by atoms with Crippen LogP contribution in [0.15, 0.2) is 114 Å². The maximum absolute atomic E-state index is 4.93. The number of fused-ring (bicyclic) bond motifs is 12. The second-order valence-corrected chi connectivity index (χ2v) is 30.3. The van der Waals surface area contributed by atoms with Crippen molar-refractivity contribution in [3.8, 4) is 11.1 Å². The summed E-state index contributed by atoms with van der Waals surface area (Å²) in [5, 5.41) is 0. The van der Waals surface area contributed by atoms with Crippen LogP contribution in [0.4, 0.5) is 0 Å². The van der Waals surface area contributed by atoms with Crippen molar-refractivity contribution >= 4 is 40.1 Å². The fourth-order valence-corrected chi connectivity index (χ4v) is 15.5. The summed E-state index contributed by atoms with van der Waals surface area (Å²) < 4.78 is 0. The number of allylic oxidation sites excluding steroid dienone is 13. The molecule has 0 spiro atoms. The molecule has 0 radical (unpaired) electrons. The SMILES string of the molecule is C1=CC2=CC=CC3CCCC3C2=C1.C1=Cc2c(cccc3cccc2-3)C1.C1CCCC1.C1CCCC1.CC1C=CC2CCCC2C2CCCC12.CC1C=CC2CCCC2C2CCCC12.[CH3-].[CH3-].[CH3-].[CH3-].[Cl][Zr+2][Cl].[Cl][Zr+2][Cl]. The van der Waals surface area contributed by atoms with E-state index >= 15 is 0 Å². The van der Waals surface area contributed by atoms with Crippen LogP contribution in [-0.4, -0.2) is 0 Å². The monoisotopic (exact) mass is 1240 g/mol. The Labute approximate surface area is 495 Å². The van der Waals surface area contributed by atoms with Crippen molar-refractivity contribution in [1.82, 2.24) is 0 Å². The summed E-state index contributed by atoms with van der Waals surface area (Å²) in [7, 11) is 19.7. The first-order valence-electron chi connectivity index (χ1n) is 28.7. The van der Waals surface area contributed by atoms with Gasteiger partial charge in [0.05, 0.1) is 0 Å². The molecule has 12 unspecified atom stereocenters. The molecule has 14 aliphatic carbocycles. The van der Waals surface area contributed by atoms with E-state index in [9.17, 15) is 0 Å². The fraction of sp³-hybridized carbons (Fsp3) is 0.588. The van der Waals surface area contributed by atoms with E-state index in [4.69, 9.17) is 34.1 Å². The molecule has 0 heterocycles. The summed E-state index contributed by atoms with van der Waals surface area (Å²) in [6.07, 6.45) is 66.7. The molecule has 0 N–H and O–H groups in total. The van der Waals surface area contributed by atoms with Crippen molar-refractivity contribution in [2.45, 2.75) is 181 Å². The molecular weight excluding hydrogens is 1140 g/mol. The van der Waals surface area contributed by atoms with Crippen LogP contribution in [0.3, 0.4) is 0 Å². The van der Waals surface area contributed by atoms with Crippen LogP contribution in [0.2, 0.25) is 0 Å². The minimum absolute atomic E-state index is 0. The van der Waals surface area contributed by atoms with Gasteiger partial charge in [0, 0.05) is 0 Å². The Bertz CT molecular complexity index is 1940. The Morgan fingerprint density at radius 1 is 0.419 bits per heavy atom. The van der Waals surface area contributed by atoms with E-state index in [1.807, 2.05) is 0 Å². The molecule has 7 saturated carbocycles. The van der Waals surface area contributed by atoms with Crippen LogP contribution < -0.4 is 0 Å². The average molecular weight is 1240 g/mol. The van der Waals surface area contributed by atoms with E-state index in [1.54, 1.807) is 5.57 Å². The van der Waals surface area contributed by atoms with Crippen LogP contribution in [-0.2, 0) is 48.1 Å². The third kappa shape index (κ3) is 19.5. The zero-order chi connectivity index (χ0) is 48.9. The van der Waals surface area contributed by atoms with Gasteiger partial charge in [-0.25, -0.2) is 0 Å². The summed E-state index contributed by atoms with van der Waals surface area (Å²) in [5.41, 5.74) is 8.62. The van der Waals surface area contributed by atoms with Gasteiger partial charge in [0.25, 0.3) is 0 Å². The molecule has 408 valence electrons. The molecule has 0 amide bonds. The van der Waals surface area contributed by atoms with E-state index in [1.165, 1.54) is 188 Å². The van der Waals surface area contributed by atoms with Crippen molar-refractivity contribution in [1.29, 1.82) is 0 Å². The van der Waals surface area contributed by atoms with E-state index < -0.39 is 41.7 Å². The predicted octanol–water partition coefficient (Wildman–Crippen LogP) is 23.3. The molecule has 0 aromatic rings. The molecule has 6 heteroatoms. The third-order valence-corrected chi connectivity index (χ3v) is 18.9. The van der Waals surface area contributed by atoms with E-state index in [0.29, 0.717) is 0 Å². The van der Waals surface area contributed by atoms with Crippen LogP contribution in [0.25, 0.3) is 17.2 Å². The van der Waals surface area contributed by atoms with Gasteiger partial charge in [-0.1, -0.05) is 219 Å². The zero-order valence-electron chi connectivity index (χ0n) is 47.2. The summed E-state index contributed by atoms with van der Waals surface area (Å²) in [6.45, 7) is 4.89. The van der Waals surface area contributed by atoms with Gasteiger partial charge in [0.2, 0.25) is 0 Å². The van der Waals surface area contributed by atoms with Gasteiger partial charge >= 0.3 is 75.7 Å². The zero-order valence-corrected chi connectivity index (χ0v) is 55.2. The van der Waals surface area contributed by atoms with Gasteiger partial charge < -0.3 is 29.7 Å². The van der Waals surface area contributed by atoms with Crippen LogP contribution in [0.5, 0.6) is 0 Å². The topological polar surface area (TPSA) is 0 Å². The molecule has 0 nitrogen and oxygen atoms in total. The van der Waals surface area contributed by atoms with Crippen molar-refractivity contribution in [2.75, 3.05) is 0 Å². The van der Waals surface area contributed by atoms with Gasteiger partial charge in [-0.2, -0.15) is 0 Å². The second-order valence-electron chi connectivity index (χ2n) is 22.9. The first-order valence-corrected chi connectivity index (χ1v) is 41.3. The molecule has 74 heavy (non-hydrogen) atoms. The van der Waals surface area contributed by atoms with Crippen LogP contribution in [0.1, 0.15) is 185 Å². The number of hydrogen-bond acceptors (Lipinski definition) is 0. The third-order valence-electron chi connectivity index (χ3n) is 18.9. The van der Waals surface area contributed by atoms with Gasteiger partial charge in [0.15, 0.2) is 0 Å². The summed E-state index contributed by atoms with van der Waals surface area (Å²) >= 11 is -1.65. The average Bonchev–Trinajstić information content (AvgIpc) is 4.23. The Kier molecular flexibility index (Phi) is 34.7. The van der Waals surface area contributed by atoms with E-state index in [-0.39, 0.29) is 29.7 Å². The molecular formula is C68H100Cl4Zr2. The summed E-state index contributed by atoms with van der Waals surface area (Å²) in [5.74, 6) is 11.7. The second kappa shape index (κ2) is 37.7. The van der Waals surface area contributed by atoms with Crippen molar-refractivity contribution < 1.29 is 41.7 Å². The van der Waals surface area contributed by atoms with Crippen LogP contribution >= 0.6 is 34.1 Å². The number of halogens is 4. The quantitative estimate of drug-likeness (QED) is 0.182.